The van der Waals surface area contributed by atoms with Crippen LogP contribution in [0.15, 0.2) is 27.3 Å². The Labute approximate surface area is 153 Å². The lowest BCUT2D eigenvalue weighted by Crippen LogP contribution is -2.42. The molecule has 4 unspecified atom stereocenters. The fourth-order valence-corrected chi connectivity index (χ4v) is 6.54. The molecule has 24 heavy (non-hydrogen) atoms. The maximum Gasteiger partial charge on any atom is 0.192 e. The minimum absolute atomic E-state index is 0.279. The average molecular weight is 348 g/mol. The molecule has 0 spiro atoms. The van der Waals surface area contributed by atoms with Crippen LogP contribution < -0.4 is 5.32 Å². The smallest absolute Gasteiger partial charge is 0.192 e. The van der Waals surface area contributed by atoms with Crippen LogP contribution in [0.2, 0.25) is 0 Å². The van der Waals surface area contributed by atoms with Crippen LogP contribution in [0.5, 0.6) is 0 Å². The summed E-state index contributed by atoms with van der Waals surface area (Å²) in [5.74, 6) is 1.95. The van der Waals surface area contributed by atoms with E-state index >= 15 is 0 Å². The van der Waals surface area contributed by atoms with Crippen molar-refractivity contribution in [3.63, 3.8) is 0 Å². The van der Waals surface area contributed by atoms with Gasteiger partial charge >= 0.3 is 0 Å². The van der Waals surface area contributed by atoms with Crippen LogP contribution in [0.3, 0.4) is 0 Å². The van der Waals surface area contributed by atoms with E-state index < -0.39 is 6.85 Å². The molecule has 0 saturated carbocycles. The molecule has 2 fully saturated rings. The van der Waals surface area contributed by atoms with Gasteiger partial charge in [0.2, 0.25) is 0 Å². The largest absolute Gasteiger partial charge is 0.472 e. The van der Waals surface area contributed by atoms with E-state index in [9.17, 15) is 0 Å². The number of nitrogens with zero attached hydrogens (tertiary/aromatic N) is 1. The van der Waals surface area contributed by atoms with Gasteiger partial charge in [0.15, 0.2) is 6.23 Å². The van der Waals surface area contributed by atoms with Crippen LogP contribution in [-0.4, -0.2) is 29.3 Å². The van der Waals surface area contributed by atoms with Crippen LogP contribution >= 0.6 is 11.8 Å². The van der Waals surface area contributed by atoms with Gasteiger partial charge in [0, 0.05) is 39.0 Å². The maximum atomic E-state index is 7.68. The minimum atomic E-state index is -2.08. The van der Waals surface area contributed by atoms with Gasteiger partial charge in [-0.3, -0.25) is 4.99 Å². The summed E-state index contributed by atoms with van der Waals surface area (Å²) in [6.45, 7) is 0.229. The highest BCUT2D eigenvalue weighted by Crippen LogP contribution is 2.49. The standard InChI is InChI=1S/C20H28N2OS/c1-11-6-7-14-13-4-3-5-15(19(13)23-20(14)21-11)16-8-9-18-17(22-16)10-12(2)24-18/h9,12-14,16-17,20,22H,3-8,10H2,1-2H3/t12?,13?,14?,16?,17-,20+/m1/s1/i1D3. The van der Waals surface area contributed by atoms with Crippen molar-refractivity contribution in [1.82, 2.24) is 5.32 Å². The van der Waals surface area contributed by atoms with Gasteiger partial charge in [-0.05, 0) is 62.3 Å². The lowest BCUT2D eigenvalue weighted by atomic mass is 9.76. The molecule has 4 heteroatoms. The Morgan fingerprint density at radius 1 is 1.33 bits per heavy atom. The highest BCUT2D eigenvalue weighted by Gasteiger charge is 2.46. The molecule has 130 valence electrons. The molecular weight excluding hydrogens is 316 g/mol. The van der Waals surface area contributed by atoms with Gasteiger partial charge in [-0.25, -0.2) is 0 Å². The Kier molecular flexibility index (Phi) is 3.10. The van der Waals surface area contributed by atoms with Crippen molar-refractivity contribution in [1.29, 1.82) is 0 Å². The molecule has 3 nitrogen and oxygen atoms in total. The molecule has 1 N–H and O–H groups in total. The number of hydrogen-bond donors (Lipinski definition) is 1. The van der Waals surface area contributed by atoms with Gasteiger partial charge in [-0.2, -0.15) is 0 Å². The van der Waals surface area contributed by atoms with E-state index in [2.05, 4.69) is 23.3 Å². The van der Waals surface area contributed by atoms with Gasteiger partial charge in [0.05, 0.1) is 0 Å². The zero-order valence-corrected chi connectivity index (χ0v) is 15.1. The maximum absolute atomic E-state index is 7.68. The third kappa shape index (κ3) is 2.48. The van der Waals surface area contributed by atoms with Crippen molar-refractivity contribution in [3.8, 4) is 0 Å². The molecule has 5 rings (SSSR count). The quantitative estimate of drug-likeness (QED) is 0.763. The summed E-state index contributed by atoms with van der Waals surface area (Å²) in [5.41, 5.74) is 1.79. The molecule has 0 aromatic carbocycles. The van der Waals surface area contributed by atoms with Crippen molar-refractivity contribution in [2.24, 2.45) is 16.8 Å². The third-order valence-electron chi connectivity index (χ3n) is 6.37. The number of rotatable bonds is 1. The number of nitrogens with one attached hydrogen (secondary N) is 1. The third-order valence-corrected chi connectivity index (χ3v) is 7.69. The van der Waals surface area contributed by atoms with Gasteiger partial charge in [-0.1, -0.05) is 13.0 Å². The monoisotopic (exact) mass is 347 g/mol. The van der Waals surface area contributed by atoms with Crippen molar-refractivity contribution in [2.45, 2.75) is 82.3 Å². The zero-order valence-electron chi connectivity index (χ0n) is 17.3. The Hall–Kier alpha value is -0.740. The van der Waals surface area contributed by atoms with E-state index in [-0.39, 0.29) is 6.23 Å². The van der Waals surface area contributed by atoms with Gasteiger partial charge in [0.25, 0.3) is 0 Å². The number of fused-ring (bicyclic) bond motifs is 4. The van der Waals surface area contributed by atoms with E-state index in [1.807, 2.05) is 11.8 Å². The zero-order chi connectivity index (χ0) is 18.8. The molecule has 0 amide bonds. The first kappa shape index (κ1) is 12.6. The van der Waals surface area contributed by atoms with E-state index in [0.29, 0.717) is 41.3 Å². The van der Waals surface area contributed by atoms with E-state index in [4.69, 9.17) is 8.85 Å². The first-order valence-electron chi connectivity index (χ1n) is 11.0. The fraction of sp³-hybridized carbons (Fsp3) is 0.750. The summed E-state index contributed by atoms with van der Waals surface area (Å²) in [5, 5.41) is 4.59. The average Bonchev–Trinajstić information content (AvgIpc) is 3.18. The van der Waals surface area contributed by atoms with Gasteiger partial charge < -0.3 is 10.1 Å². The first-order chi connectivity index (χ1) is 12.9. The number of thioether (sulfide) groups is 1. The molecule has 4 heterocycles. The summed E-state index contributed by atoms with van der Waals surface area (Å²) < 4.78 is 29.4. The van der Waals surface area contributed by atoms with E-state index in [1.54, 1.807) is 0 Å². The van der Waals surface area contributed by atoms with Crippen LogP contribution in [-0.2, 0) is 4.74 Å². The second-order valence-electron chi connectivity index (χ2n) is 7.95. The summed E-state index contributed by atoms with van der Waals surface area (Å²) in [7, 11) is 0. The SMILES string of the molecule is [2H]C([2H])([2H])C1=N[C@H]2OC3=C(C4CC=C5SC(C)C[C@H]5N4)CCCC3C2CC1. The normalized spacial score (nSPS) is 46.6. The number of allylic oxidation sites excluding steroid dienone is 1. The second kappa shape index (κ2) is 5.91. The highest BCUT2D eigenvalue weighted by atomic mass is 32.2. The van der Waals surface area contributed by atoms with Gasteiger partial charge in [0.1, 0.15) is 5.76 Å². The topological polar surface area (TPSA) is 33.6 Å². The molecule has 0 radical (unpaired) electrons. The first-order valence-corrected chi connectivity index (χ1v) is 10.4. The Morgan fingerprint density at radius 2 is 2.29 bits per heavy atom. The summed E-state index contributed by atoms with van der Waals surface area (Å²) >= 11 is 2.02. The molecule has 2 saturated heterocycles. The van der Waals surface area contributed by atoms with Crippen LogP contribution in [0, 0.1) is 11.8 Å². The molecular formula is C20H28N2OS. The Balaban J connectivity index is 1.41. The lowest BCUT2D eigenvalue weighted by molar-refractivity contribution is 0.127. The molecule has 5 aliphatic rings. The highest BCUT2D eigenvalue weighted by molar-refractivity contribution is 8.04. The number of ether oxygens (including phenoxy) is 1. The van der Waals surface area contributed by atoms with Crippen LogP contribution in [0.1, 0.15) is 62.8 Å². The Morgan fingerprint density at radius 3 is 3.21 bits per heavy atom. The lowest BCUT2D eigenvalue weighted by Gasteiger charge is -2.33. The second-order valence-corrected chi connectivity index (χ2v) is 9.46. The Bertz CT molecular complexity index is 729. The van der Waals surface area contributed by atoms with Crippen molar-refractivity contribution >= 4 is 17.5 Å². The molecule has 1 aliphatic carbocycles. The van der Waals surface area contributed by atoms with Gasteiger partial charge in [-0.15, -0.1) is 11.8 Å². The summed E-state index contributed by atoms with van der Waals surface area (Å²) in [6, 6.07) is 0.870. The van der Waals surface area contributed by atoms with Crippen LogP contribution in [0.25, 0.3) is 0 Å². The number of hydrogen-bond acceptors (Lipinski definition) is 4. The van der Waals surface area contributed by atoms with Crippen molar-refractivity contribution in [3.05, 3.63) is 22.3 Å². The molecule has 6 atom stereocenters. The van der Waals surface area contributed by atoms with E-state index in [0.717, 1.165) is 31.4 Å². The van der Waals surface area contributed by atoms with Crippen molar-refractivity contribution in [2.75, 3.05) is 0 Å². The van der Waals surface area contributed by atoms with Crippen molar-refractivity contribution < 1.29 is 8.85 Å². The molecule has 4 aliphatic heterocycles. The summed E-state index contributed by atoms with van der Waals surface area (Å²) in [6.07, 6.45) is 9.34. The van der Waals surface area contributed by atoms with E-state index in [1.165, 1.54) is 23.3 Å². The number of aliphatic imine (C=N–C) groups is 1. The predicted molar refractivity (Wildman–Crippen MR) is 100 cm³/mol. The predicted octanol–water partition coefficient (Wildman–Crippen LogP) is 4.41. The fourth-order valence-electron chi connectivity index (χ4n) is 5.26. The molecule has 0 aromatic rings. The summed E-state index contributed by atoms with van der Waals surface area (Å²) in [4.78, 5) is 6.06. The minimum Gasteiger partial charge on any atom is -0.472 e. The molecule has 0 bridgehead atoms. The van der Waals surface area contributed by atoms with Crippen LogP contribution in [0.4, 0.5) is 0 Å². The molecule has 0 aromatic heterocycles.